The zero-order valence-corrected chi connectivity index (χ0v) is 38.4. The van der Waals surface area contributed by atoms with Crippen LogP contribution in [0.25, 0.3) is 109 Å². The van der Waals surface area contributed by atoms with Crippen molar-refractivity contribution in [1.82, 2.24) is 9.13 Å². The second-order valence-electron chi connectivity index (χ2n) is 18.6. The average Bonchev–Trinajstić information content (AvgIpc) is 4.14. The summed E-state index contributed by atoms with van der Waals surface area (Å²) in [5.41, 5.74) is 14.9. The molecular weight excluding hydrogens is 857 g/mol. The number of hydrogen-bond donors (Lipinski definition) is 0. The molecule has 0 aliphatic carbocycles. The second kappa shape index (κ2) is 14.6. The molecule has 330 valence electrons. The number of hydrogen-bond acceptors (Lipinski definition) is 4. The normalized spacial score (nSPS) is 12.1. The minimum atomic E-state index is 0.841. The van der Waals surface area contributed by atoms with E-state index in [1.807, 2.05) is 0 Å². The molecule has 6 heteroatoms. The van der Waals surface area contributed by atoms with Crippen molar-refractivity contribution >= 4 is 143 Å². The van der Waals surface area contributed by atoms with E-state index in [4.69, 9.17) is 8.83 Å². The Hall–Kier alpha value is -9.26. The van der Waals surface area contributed by atoms with Crippen molar-refractivity contribution in [2.24, 2.45) is 14.1 Å². The number of anilines is 6. The lowest BCUT2D eigenvalue weighted by atomic mass is 10.0. The Morgan fingerprint density at radius 3 is 1.10 bits per heavy atom. The molecule has 6 nitrogen and oxygen atoms in total. The summed E-state index contributed by atoms with van der Waals surface area (Å²) < 4.78 is 18.3. The largest absolute Gasteiger partial charge is 0.455 e. The monoisotopic (exact) mass is 898 g/mol. The van der Waals surface area contributed by atoms with E-state index in [0.29, 0.717) is 0 Å². The van der Waals surface area contributed by atoms with E-state index in [-0.39, 0.29) is 0 Å². The predicted octanol–water partition coefficient (Wildman–Crippen LogP) is 18.0. The average molecular weight is 899 g/mol. The van der Waals surface area contributed by atoms with Crippen LogP contribution in [-0.4, -0.2) is 9.13 Å². The van der Waals surface area contributed by atoms with E-state index in [0.717, 1.165) is 99.5 Å². The Labute approximate surface area is 401 Å². The van der Waals surface area contributed by atoms with Crippen LogP contribution >= 0.6 is 0 Å². The lowest BCUT2D eigenvalue weighted by Crippen LogP contribution is -2.09. The van der Waals surface area contributed by atoms with Crippen LogP contribution in [0.4, 0.5) is 34.1 Å². The van der Waals surface area contributed by atoms with Crippen molar-refractivity contribution in [3.05, 3.63) is 218 Å². The number of nitrogens with zero attached hydrogens (tertiary/aromatic N) is 4. The van der Waals surface area contributed by atoms with E-state index in [2.05, 4.69) is 251 Å². The van der Waals surface area contributed by atoms with Crippen molar-refractivity contribution < 1.29 is 8.83 Å². The minimum absolute atomic E-state index is 0.841. The lowest BCUT2D eigenvalue weighted by molar-refractivity contribution is 0.667. The topological polar surface area (TPSA) is 42.6 Å². The van der Waals surface area contributed by atoms with Gasteiger partial charge in [-0.25, -0.2) is 0 Å². The first kappa shape index (κ1) is 38.8. The molecular formula is C64H42N4O2. The van der Waals surface area contributed by atoms with E-state index in [1.54, 1.807) is 0 Å². The van der Waals surface area contributed by atoms with Crippen LogP contribution in [-0.2, 0) is 14.1 Å². The number of fused-ring (bicyclic) bond motifs is 16. The Morgan fingerprint density at radius 2 is 0.643 bits per heavy atom. The zero-order chi connectivity index (χ0) is 46.2. The van der Waals surface area contributed by atoms with Crippen LogP contribution in [0.15, 0.2) is 227 Å². The standard InChI is InChI=1S/C64H42N4O2/c1-65-57-19-11-9-17-49(57)53-35-45(25-31-59(53)65)67(41-13-5-3-6-14-41)43-23-29-47-39(33-43)21-27-51-55-37-62-56(38-61(55)69-63(47)51)52-28-22-40-34-44(24-30-48(40)64(52)70-62)68(42-15-7-4-8-16-42)46-26-32-60-54(36-46)50-18-10-12-20-58(50)66(60)2/h3-38H,1-2H3. The molecule has 4 heterocycles. The van der Waals surface area contributed by atoms with Gasteiger partial charge in [-0.05, 0) is 144 Å². The molecule has 0 aliphatic heterocycles. The molecule has 0 saturated carbocycles. The summed E-state index contributed by atoms with van der Waals surface area (Å²) in [4.78, 5) is 4.69. The molecule has 15 rings (SSSR count). The Kier molecular flexibility index (Phi) is 8.10. The maximum Gasteiger partial charge on any atom is 0.143 e. The van der Waals surface area contributed by atoms with Crippen molar-refractivity contribution in [2.45, 2.75) is 0 Å². The van der Waals surface area contributed by atoms with Gasteiger partial charge in [0.05, 0.1) is 0 Å². The summed E-state index contributed by atoms with van der Waals surface area (Å²) in [6.45, 7) is 0. The van der Waals surface area contributed by atoms with E-state index >= 15 is 0 Å². The Morgan fingerprint density at radius 1 is 0.271 bits per heavy atom. The van der Waals surface area contributed by atoms with Gasteiger partial charge in [-0.1, -0.05) is 84.9 Å². The van der Waals surface area contributed by atoms with Gasteiger partial charge in [-0.15, -0.1) is 0 Å². The van der Waals surface area contributed by atoms with Crippen LogP contribution in [0.5, 0.6) is 0 Å². The Bertz CT molecular complexity index is 4340. The fourth-order valence-electron chi connectivity index (χ4n) is 11.5. The smallest absolute Gasteiger partial charge is 0.143 e. The molecule has 4 aromatic heterocycles. The predicted molar refractivity (Wildman–Crippen MR) is 293 cm³/mol. The van der Waals surface area contributed by atoms with Gasteiger partial charge < -0.3 is 27.8 Å². The van der Waals surface area contributed by atoms with E-state index in [9.17, 15) is 0 Å². The first-order valence-corrected chi connectivity index (χ1v) is 23.9. The third kappa shape index (κ3) is 5.62. The van der Waals surface area contributed by atoms with E-state index < -0.39 is 0 Å². The molecule has 0 bridgehead atoms. The highest BCUT2D eigenvalue weighted by Gasteiger charge is 2.21. The first-order chi connectivity index (χ1) is 34.5. The van der Waals surface area contributed by atoms with Crippen LogP contribution in [0.3, 0.4) is 0 Å². The van der Waals surface area contributed by atoms with Gasteiger partial charge in [0, 0.05) is 124 Å². The molecule has 0 saturated heterocycles. The third-order valence-electron chi connectivity index (χ3n) is 14.8. The van der Waals surface area contributed by atoms with Gasteiger partial charge in [0.1, 0.15) is 22.3 Å². The summed E-state index contributed by atoms with van der Waals surface area (Å²) in [6, 6.07) is 78.7. The maximum atomic E-state index is 6.85. The number of rotatable bonds is 6. The molecule has 0 atom stereocenters. The van der Waals surface area contributed by atoms with Gasteiger partial charge in [-0.3, -0.25) is 0 Å². The third-order valence-corrected chi connectivity index (χ3v) is 14.8. The van der Waals surface area contributed by atoms with Crippen molar-refractivity contribution in [3.63, 3.8) is 0 Å². The molecule has 0 radical (unpaired) electrons. The van der Waals surface area contributed by atoms with Crippen LogP contribution in [0.2, 0.25) is 0 Å². The number of para-hydroxylation sites is 4. The molecule has 11 aromatic carbocycles. The molecule has 15 aromatic rings. The van der Waals surface area contributed by atoms with Crippen LogP contribution < -0.4 is 9.80 Å². The summed E-state index contributed by atoms with van der Waals surface area (Å²) in [7, 11) is 4.29. The SMILES string of the molecule is Cn1c2ccccc2c2cc(N(c3ccccc3)c3ccc4c(ccc5c6cc7oc8c9ccc(N(c%10ccccc%10)c%10ccc%11c(c%10)c%10ccccc%10n%11C)cc9ccc8c7cc6oc45)c3)ccc21. The van der Waals surface area contributed by atoms with Crippen LogP contribution in [0, 0.1) is 0 Å². The summed E-state index contributed by atoms with van der Waals surface area (Å²) in [5.74, 6) is 0. The fraction of sp³-hybridized carbons (Fsp3) is 0.0312. The maximum absolute atomic E-state index is 6.85. The molecule has 0 unspecified atom stereocenters. The quantitative estimate of drug-likeness (QED) is 0.167. The highest BCUT2D eigenvalue weighted by molar-refractivity contribution is 6.22. The second-order valence-corrected chi connectivity index (χ2v) is 18.6. The number of aryl methyl sites for hydroxylation is 2. The minimum Gasteiger partial charge on any atom is -0.455 e. The van der Waals surface area contributed by atoms with E-state index in [1.165, 1.54) is 43.6 Å². The summed E-state index contributed by atoms with van der Waals surface area (Å²) in [6.07, 6.45) is 0. The summed E-state index contributed by atoms with van der Waals surface area (Å²) in [5, 5.41) is 13.5. The van der Waals surface area contributed by atoms with Crippen molar-refractivity contribution in [3.8, 4) is 0 Å². The van der Waals surface area contributed by atoms with Crippen molar-refractivity contribution in [1.29, 1.82) is 0 Å². The summed E-state index contributed by atoms with van der Waals surface area (Å²) >= 11 is 0. The van der Waals surface area contributed by atoms with Gasteiger partial charge in [0.15, 0.2) is 0 Å². The zero-order valence-electron chi connectivity index (χ0n) is 38.4. The Balaban J connectivity index is 0.821. The number of furan rings is 2. The van der Waals surface area contributed by atoms with Gasteiger partial charge in [0.25, 0.3) is 0 Å². The first-order valence-electron chi connectivity index (χ1n) is 23.9. The highest BCUT2D eigenvalue weighted by atomic mass is 16.3. The van der Waals surface area contributed by atoms with Crippen LogP contribution in [0.1, 0.15) is 0 Å². The van der Waals surface area contributed by atoms with Gasteiger partial charge >= 0.3 is 0 Å². The molecule has 0 spiro atoms. The van der Waals surface area contributed by atoms with Crippen molar-refractivity contribution in [2.75, 3.05) is 9.80 Å². The fourth-order valence-corrected chi connectivity index (χ4v) is 11.5. The number of aromatic nitrogens is 2. The molecule has 0 amide bonds. The molecule has 0 aliphatic rings. The molecule has 70 heavy (non-hydrogen) atoms. The molecule has 0 N–H and O–H groups in total. The van der Waals surface area contributed by atoms with Gasteiger partial charge in [-0.2, -0.15) is 0 Å². The number of benzene rings is 11. The molecule has 0 fully saturated rings. The highest BCUT2D eigenvalue weighted by Crippen LogP contribution is 2.45. The lowest BCUT2D eigenvalue weighted by Gasteiger charge is -2.26. The van der Waals surface area contributed by atoms with Gasteiger partial charge in [0.2, 0.25) is 0 Å².